The predicted molar refractivity (Wildman–Crippen MR) is 71.0 cm³/mol. The summed E-state index contributed by atoms with van der Waals surface area (Å²) < 4.78 is 34.1. The van der Waals surface area contributed by atoms with Crippen LogP contribution in [0.4, 0.5) is 0 Å². The minimum atomic E-state index is -3.65. The second-order valence-corrected chi connectivity index (χ2v) is 5.72. The third-order valence-electron chi connectivity index (χ3n) is 2.78. The van der Waals surface area contributed by atoms with Crippen molar-refractivity contribution in [2.75, 3.05) is 0 Å². The summed E-state index contributed by atoms with van der Waals surface area (Å²) in [5, 5.41) is 0.627. The highest BCUT2D eigenvalue weighted by Gasteiger charge is 2.17. The van der Waals surface area contributed by atoms with Crippen molar-refractivity contribution in [2.24, 2.45) is 0 Å². The molecule has 0 saturated carbocycles. The molecule has 3 rings (SSSR count). The SMILES string of the molecule is [2H]c1cn(S(=O)(=O)c2ccccc2)c2ccccc12. The molecule has 90 valence electrons. The first kappa shape index (κ1) is 9.91. The Hall–Kier alpha value is -2.07. The number of rotatable bonds is 2. The third-order valence-corrected chi connectivity index (χ3v) is 4.47. The lowest BCUT2D eigenvalue weighted by atomic mass is 10.3. The van der Waals surface area contributed by atoms with Crippen LogP contribution in [0.15, 0.2) is 71.7 Å². The van der Waals surface area contributed by atoms with Gasteiger partial charge in [0, 0.05) is 11.6 Å². The van der Waals surface area contributed by atoms with Gasteiger partial charge in [0.15, 0.2) is 0 Å². The lowest BCUT2D eigenvalue weighted by Gasteiger charge is -2.07. The number of aromatic nitrogens is 1. The summed E-state index contributed by atoms with van der Waals surface area (Å²) in [5.74, 6) is 0. The van der Waals surface area contributed by atoms with Gasteiger partial charge < -0.3 is 0 Å². The Bertz CT molecular complexity index is 838. The molecule has 0 saturated heterocycles. The average Bonchev–Trinajstić information content (AvgIpc) is 2.79. The Kier molecular flexibility index (Phi) is 2.20. The number of para-hydroxylation sites is 1. The zero-order valence-corrected chi connectivity index (χ0v) is 10.3. The zero-order chi connectivity index (χ0) is 13.5. The van der Waals surface area contributed by atoms with Gasteiger partial charge in [-0.2, -0.15) is 0 Å². The molecule has 0 spiro atoms. The highest BCUT2D eigenvalue weighted by Crippen LogP contribution is 2.21. The summed E-state index contributed by atoms with van der Waals surface area (Å²) in [5.41, 5.74) is 0.524. The van der Waals surface area contributed by atoms with Crippen LogP contribution < -0.4 is 0 Å². The molecule has 0 unspecified atom stereocenters. The molecule has 4 heteroatoms. The van der Waals surface area contributed by atoms with Crippen LogP contribution in [-0.4, -0.2) is 12.4 Å². The molecule has 18 heavy (non-hydrogen) atoms. The molecule has 0 radical (unpaired) electrons. The molecule has 0 bridgehead atoms. The quantitative estimate of drug-likeness (QED) is 0.709. The highest BCUT2D eigenvalue weighted by molar-refractivity contribution is 7.90. The molecule has 0 aliphatic carbocycles. The molecule has 0 aliphatic rings. The van der Waals surface area contributed by atoms with Crippen molar-refractivity contribution < 1.29 is 9.79 Å². The van der Waals surface area contributed by atoms with Crippen molar-refractivity contribution in [1.29, 1.82) is 0 Å². The molecule has 1 heterocycles. The van der Waals surface area contributed by atoms with Gasteiger partial charge in [0.25, 0.3) is 10.0 Å². The maximum atomic E-state index is 12.5. The molecular formula is C14H11NO2S. The van der Waals surface area contributed by atoms with Gasteiger partial charge in [0.2, 0.25) is 0 Å². The van der Waals surface area contributed by atoms with Crippen LogP contribution in [-0.2, 0) is 10.0 Å². The largest absolute Gasteiger partial charge is 0.268 e. The zero-order valence-electron chi connectivity index (χ0n) is 10.4. The van der Waals surface area contributed by atoms with Gasteiger partial charge in [0.1, 0.15) is 0 Å². The molecule has 0 atom stereocenters. The van der Waals surface area contributed by atoms with Gasteiger partial charge in [0.05, 0.1) is 11.8 Å². The first-order chi connectivity index (χ1) is 9.10. The Morgan fingerprint density at radius 2 is 1.61 bits per heavy atom. The predicted octanol–water partition coefficient (Wildman–Crippen LogP) is 2.88. The van der Waals surface area contributed by atoms with E-state index in [9.17, 15) is 8.42 Å². The van der Waals surface area contributed by atoms with E-state index in [0.29, 0.717) is 10.9 Å². The van der Waals surface area contributed by atoms with E-state index >= 15 is 0 Å². The fourth-order valence-electron chi connectivity index (χ4n) is 1.89. The summed E-state index contributed by atoms with van der Waals surface area (Å²) in [4.78, 5) is 0.218. The van der Waals surface area contributed by atoms with Gasteiger partial charge in [-0.25, -0.2) is 12.4 Å². The molecule has 3 nitrogen and oxygen atoms in total. The molecule has 0 N–H and O–H groups in total. The standard InChI is InChI=1S/C14H11NO2S/c16-18(17,13-7-2-1-3-8-13)15-11-10-12-6-4-5-9-14(12)15/h1-11H/i10D. The summed E-state index contributed by atoms with van der Waals surface area (Å²) in [7, 11) is -3.65. The van der Waals surface area contributed by atoms with E-state index in [0.717, 1.165) is 0 Å². The van der Waals surface area contributed by atoms with Gasteiger partial charge in [-0.15, -0.1) is 0 Å². The van der Waals surface area contributed by atoms with Gasteiger partial charge in [-0.05, 0) is 24.2 Å². The maximum absolute atomic E-state index is 12.5. The molecule has 2 aromatic carbocycles. The minimum Gasteiger partial charge on any atom is -0.241 e. The van der Waals surface area contributed by atoms with Crippen LogP contribution in [0, 0.1) is 0 Å². The molecule has 0 aliphatic heterocycles. The van der Waals surface area contributed by atoms with Crippen molar-refractivity contribution >= 4 is 20.9 Å². The number of benzene rings is 2. The maximum Gasteiger partial charge on any atom is 0.268 e. The molecule has 0 fully saturated rings. The molecule has 3 aromatic rings. The minimum absolute atomic E-state index is 0.204. The number of nitrogens with zero attached hydrogens (tertiary/aromatic N) is 1. The Balaban J connectivity index is 2.31. The highest BCUT2D eigenvalue weighted by atomic mass is 32.2. The van der Waals surface area contributed by atoms with Crippen LogP contribution in [0.1, 0.15) is 1.37 Å². The van der Waals surface area contributed by atoms with Gasteiger partial charge in [-0.1, -0.05) is 36.4 Å². The van der Waals surface area contributed by atoms with E-state index in [2.05, 4.69) is 0 Å². The number of hydrogen-bond acceptors (Lipinski definition) is 2. The summed E-state index contributed by atoms with van der Waals surface area (Å²) >= 11 is 0. The van der Waals surface area contributed by atoms with E-state index < -0.39 is 10.0 Å². The first-order valence-corrected chi connectivity index (χ1v) is 6.92. The van der Waals surface area contributed by atoms with Crippen LogP contribution >= 0.6 is 0 Å². The smallest absolute Gasteiger partial charge is 0.241 e. The number of fused-ring (bicyclic) bond motifs is 1. The van der Waals surface area contributed by atoms with E-state index in [1.807, 2.05) is 0 Å². The first-order valence-electron chi connectivity index (χ1n) is 5.98. The van der Waals surface area contributed by atoms with Gasteiger partial charge >= 0.3 is 0 Å². The second-order valence-electron chi connectivity index (χ2n) is 3.90. The van der Waals surface area contributed by atoms with Crippen LogP contribution in [0.5, 0.6) is 0 Å². The van der Waals surface area contributed by atoms with E-state index in [4.69, 9.17) is 1.37 Å². The summed E-state index contributed by atoms with van der Waals surface area (Å²) in [6, 6.07) is 15.4. The normalized spacial score (nSPS) is 12.6. The van der Waals surface area contributed by atoms with Crippen molar-refractivity contribution in [2.45, 2.75) is 4.90 Å². The Morgan fingerprint density at radius 3 is 2.39 bits per heavy atom. The third kappa shape index (κ3) is 1.62. The van der Waals surface area contributed by atoms with Crippen molar-refractivity contribution in [1.82, 2.24) is 3.97 Å². The molecule has 0 amide bonds. The topological polar surface area (TPSA) is 39.1 Å². The van der Waals surface area contributed by atoms with Crippen molar-refractivity contribution in [3.63, 3.8) is 0 Å². The molecular weight excluding hydrogens is 246 g/mol. The fraction of sp³-hybridized carbons (Fsp3) is 0. The van der Waals surface area contributed by atoms with Gasteiger partial charge in [-0.3, -0.25) is 0 Å². The number of hydrogen-bond donors (Lipinski definition) is 0. The van der Waals surface area contributed by atoms with Crippen molar-refractivity contribution in [3.05, 3.63) is 66.8 Å². The summed E-state index contributed by atoms with van der Waals surface area (Å²) in [6.45, 7) is 0. The molecule has 1 aromatic heterocycles. The van der Waals surface area contributed by atoms with Crippen molar-refractivity contribution in [3.8, 4) is 0 Å². The Morgan fingerprint density at radius 1 is 0.944 bits per heavy atom. The van der Waals surface area contributed by atoms with Crippen LogP contribution in [0.2, 0.25) is 0 Å². The monoisotopic (exact) mass is 258 g/mol. The average molecular weight is 258 g/mol. The second kappa shape index (κ2) is 3.99. The summed E-state index contributed by atoms with van der Waals surface area (Å²) in [6.07, 6.45) is 1.34. The Labute approximate surface area is 107 Å². The van der Waals surface area contributed by atoms with Crippen LogP contribution in [0.25, 0.3) is 10.9 Å². The lowest BCUT2D eigenvalue weighted by Crippen LogP contribution is -2.11. The van der Waals surface area contributed by atoms with Crippen LogP contribution in [0.3, 0.4) is 0 Å². The van der Waals surface area contributed by atoms with E-state index in [-0.39, 0.29) is 10.9 Å². The fourth-order valence-corrected chi connectivity index (χ4v) is 3.23. The van der Waals surface area contributed by atoms with E-state index in [1.165, 1.54) is 10.2 Å². The lowest BCUT2D eigenvalue weighted by molar-refractivity contribution is 0.589. The van der Waals surface area contributed by atoms with E-state index in [1.54, 1.807) is 54.6 Å².